The molecule has 0 N–H and O–H groups in total. The highest BCUT2D eigenvalue weighted by Gasteiger charge is 2.08. The van der Waals surface area contributed by atoms with Gasteiger partial charge in [0.05, 0.1) is 0 Å². The lowest BCUT2D eigenvalue weighted by Crippen LogP contribution is -2.28. The van der Waals surface area contributed by atoms with Gasteiger partial charge in [-0.1, -0.05) is 6.58 Å². The maximum Gasteiger partial charge on any atom is 0.136 e. The molecule has 1 heterocycles. The fourth-order valence-electron chi connectivity index (χ4n) is 0.579. The predicted molar refractivity (Wildman–Crippen MR) is 34.9 cm³/mol. The van der Waals surface area contributed by atoms with Gasteiger partial charge in [0.2, 0.25) is 0 Å². The summed E-state index contributed by atoms with van der Waals surface area (Å²) in [6.07, 6.45) is 3.41. The van der Waals surface area contributed by atoms with E-state index in [0.29, 0.717) is 0 Å². The summed E-state index contributed by atoms with van der Waals surface area (Å²) in [5.41, 5.74) is 0. The molecule has 0 amide bonds. The van der Waals surface area contributed by atoms with Crippen LogP contribution in [0.15, 0.2) is 24.9 Å². The van der Waals surface area contributed by atoms with E-state index in [-0.39, 0.29) is 0 Å². The molecule has 1 aliphatic rings. The third kappa shape index (κ3) is 0.988. The highest BCUT2D eigenvalue weighted by atomic mass is 16.7. The summed E-state index contributed by atoms with van der Waals surface area (Å²) in [5.74, 6) is 0.831. The summed E-state index contributed by atoms with van der Waals surface area (Å²) in [5, 5.41) is 1.60. The third-order valence-corrected chi connectivity index (χ3v) is 1.27. The fraction of sp³-hybridized carbons (Fsp3) is 0.333. The van der Waals surface area contributed by atoms with Crippen LogP contribution in [0, 0.1) is 0 Å². The standard InChI is InChI=1S/C6H10N2O/c1-6-7(2)4-5-9-8(6)3/h4-5H,1H2,2-3H3. The Morgan fingerprint density at radius 2 is 2.22 bits per heavy atom. The quantitative estimate of drug-likeness (QED) is 0.476. The molecule has 0 aromatic heterocycles. The van der Waals surface area contributed by atoms with Gasteiger partial charge in [-0.25, -0.2) is 0 Å². The van der Waals surface area contributed by atoms with E-state index in [0.717, 1.165) is 5.82 Å². The van der Waals surface area contributed by atoms with Crippen molar-refractivity contribution in [1.29, 1.82) is 0 Å². The van der Waals surface area contributed by atoms with Crippen molar-refractivity contribution in [3.05, 3.63) is 24.9 Å². The summed E-state index contributed by atoms with van der Waals surface area (Å²) < 4.78 is 0. The molecule has 0 aliphatic carbocycles. The van der Waals surface area contributed by atoms with Crippen molar-refractivity contribution < 1.29 is 4.84 Å². The second-order valence-corrected chi connectivity index (χ2v) is 1.92. The van der Waals surface area contributed by atoms with Crippen LogP contribution in [0.2, 0.25) is 0 Å². The van der Waals surface area contributed by atoms with Crippen LogP contribution in [0.4, 0.5) is 0 Å². The average molecular weight is 126 g/mol. The lowest BCUT2D eigenvalue weighted by Gasteiger charge is -2.29. The van der Waals surface area contributed by atoms with Crippen LogP contribution in [0.25, 0.3) is 0 Å². The van der Waals surface area contributed by atoms with Gasteiger partial charge >= 0.3 is 0 Å². The van der Waals surface area contributed by atoms with Crippen molar-refractivity contribution in [1.82, 2.24) is 9.96 Å². The largest absolute Gasteiger partial charge is 0.385 e. The van der Waals surface area contributed by atoms with Gasteiger partial charge in [-0.15, -0.1) is 0 Å². The van der Waals surface area contributed by atoms with Gasteiger partial charge in [-0.2, -0.15) is 5.06 Å². The van der Waals surface area contributed by atoms with Crippen LogP contribution in [-0.4, -0.2) is 24.1 Å². The summed E-state index contributed by atoms with van der Waals surface area (Å²) in [6, 6.07) is 0. The molecule has 0 radical (unpaired) electrons. The molecule has 1 aliphatic heterocycles. The van der Waals surface area contributed by atoms with Gasteiger partial charge in [-0.05, 0) is 0 Å². The first-order valence-electron chi connectivity index (χ1n) is 2.71. The first-order valence-corrected chi connectivity index (χ1v) is 2.71. The fourth-order valence-corrected chi connectivity index (χ4v) is 0.579. The van der Waals surface area contributed by atoms with Crippen molar-refractivity contribution in [2.45, 2.75) is 0 Å². The van der Waals surface area contributed by atoms with Crippen molar-refractivity contribution in [2.24, 2.45) is 0 Å². The maximum absolute atomic E-state index is 4.97. The zero-order valence-corrected chi connectivity index (χ0v) is 5.66. The summed E-state index contributed by atoms with van der Waals surface area (Å²) in [6.45, 7) is 3.75. The van der Waals surface area contributed by atoms with Crippen LogP contribution in [0.1, 0.15) is 0 Å². The molecule has 50 valence electrons. The monoisotopic (exact) mass is 126 g/mol. The molecule has 0 bridgehead atoms. The molecule has 1 rings (SSSR count). The Morgan fingerprint density at radius 1 is 1.56 bits per heavy atom. The van der Waals surface area contributed by atoms with E-state index in [2.05, 4.69) is 6.58 Å². The SMILES string of the molecule is C=C1N(C)C=CON1C. The van der Waals surface area contributed by atoms with Gasteiger partial charge in [0.1, 0.15) is 12.1 Å². The van der Waals surface area contributed by atoms with Gasteiger partial charge in [0.25, 0.3) is 0 Å². The maximum atomic E-state index is 4.97. The van der Waals surface area contributed by atoms with Crippen LogP contribution in [-0.2, 0) is 4.84 Å². The van der Waals surface area contributed by atoms with Gasteiger partial charge < -0.3 is 9.74 Å². The Labute approximate surface area is 54.8 Å². The minimum absolute atomic E-state index is 0.831. The zero-order chi connectivity index (χ0) is 6.85. The van der Waals surface area contributed by atoms with Crippen molar-refractivity contribution in [3.8, 4) is 0 Å². The number of hydrogen-bond acceptors (Lipinski definition) is 3. The molecule has 0 unspecified atom stereocenters. The molecule has 0 saturated carbocycles. The Kier molecular flexibility index (Phi) is 1.34. The second-order valence-electron chi connectivity index (χ2n) is 1.92. The smallest absolute Gasteiger partial charge is 0.136 e. The molecule has 3 nitrogen and oxygen atoms in total. The minimum atomic E-state index is 0.831. The van der Waals surface area contributed by atoms with Crippen LogP contribution >= 0.6 is 0 Å². The minimum Gasteiger partial charge on any atom is -0.385 e. The van der Waals surface area contributed by atoms with E-state index in [4.69, 9.17) is 4.84 Å². The molecule has 0 aromatic carbocycles. The molecular formula is C6H10N2O. The molecule has 0 aromatic rings. The Balaban J connectivity index is 2.69. The number of nitrogens with zero attached hydrogens (tertiary/aromatic N) is 2. The Morgan fingerprint density at radius 3 is 2.67 bits per heavy atom. The first kappa shape index (κ1) is 6.01. The lowest BCUT2D eigenvalue weighted by atomic mass is 10.6. The van der Waals surface area contributed by atoms with Gasteiger partial charge in [-0.3, -0.25) is 0 Å². The molecule has 3 heteroatoms. The average Bonchev–Trinajstić information content (AvgIpc) is 1.83. The van der Waals surface area contributed by atoms with E-state index in [1.54, 1.807) is 11.3 Å². The number of hydroxylamine groups is 2. The number of rotatable bonds is 0. The predicted octanol–water partition coefficient (Wildman–Crippen LogP) is 0.738. The molecular weight excluding hydrogens is 116 g/mol. The van der Waals surface area contributed by atoms with Crippen LogP contribution in [0.3, 0.4) is 0 Å². The van der Waals surface area contributed by atoms with E-state index in [9.17, 15) is 0 Å². The Bertz CT molecular complexity index is 153. The molecule has 9 heavy (non-hydrogen) atoms. The van der Waals surface area contributed by atoms with Crippen LogP contribution < -0.4 is 0 Å². The molecule has 0 saturated heterocycles. The topological polar surface area (TPSA) is 15.7 Å². The number of hydrogen-bond donors (Lipinski definition) is 0. The van der Waals surface area contributed by atoms with E-state index in [1.807, 2.05) is 25.2 Å². The summed E-state index contributed by atoms with van der Waals surface area (Å²) in [7, 11) is 3.72. The zero-order valence-electron chi connectivity index (χ0n) is 5.66. The van der Waals surface area contributed by atoms with Crippen molar-refractivity contribution in [3.63, 3.8) is 0 Å². The van der Waals surface area contributed by atoms with Crippen LogP contribution in [0.5, 0.6) is 0 Å². The van der Waals surface area contributed by atoms with E-state index in [1.165, 1.54) is 0 Å². The molecule has 0 spiro atoms. The third-order valence-electron chi connectivity index (χ3n) is 1.27. The lowest BCUT2D eigenvalue weighted by molar-refractivity contribution is -0.0770. The van der Waals surface area contributed by atoms with Gasteiger partial charge in [0, 0.05) is 20.3 Å². The highest BCUT2D eigenvalue weighted by molar-refractivity contribution is 4.96. The Hall–Kier alpha value is -1.12. The molecule has 0 fully saturated rings. The van der Waals surface area contributed by atoms with E-state index < -0.39 is 0 Å². The van der Waals surface area contributed by atoms with Gasteiger partial charge in [0.15, 0.2) is 0 Å². The summed E-state index contributed by atoms with van der Waals surface area (Å²) >= 11 is 0. The van der Waals surface area contributed by atoms with Crippen molar-refractivity contribution in [2.75, 3.05) is 14.1 Å². The highest BCUT2D eigenvalue weighted by Crippen LogP contribution is 2.09. The van der Waals surface area contributed by atoms with E-state index >= 15 is 0 Å². The normalized spacial score (nSPS) is 18.2. The second kappa shape index (κ2) is 2.01. The molecule has 0 atom stereocenters. The first-order chi connectivity index (χ1) is 4.22. The van der Waals surface area contributed by atoms with Crippen molar-refractivity contribution >= 4 is 0 Å². The summed E-state index contributed by atoms with van der Waals surface area (Å²) in [4.78, 5) is 6.85.